The Morgan fingerprint density at radius 3 is 1.81 bits per heavy atom. The van der Waals surface area contributed by atoms with Gasteiger partial charge >= 0.3 is 0 Å². The monoisotopic (exact) mass is 1140 g/mol. The summed E-state index contributed by atoms with van der Waals surface area (Å²) >= 11 is 0. The molecule has 0 fully saturated rings. The average Bonchev–Trinajstić information content (AvgIpc) is 1.59. The van der Waals surface area contributed by atoms with Crippen LogP contribution in [0.2, 0.25) is 0 Å². The quantitative estimate of drug-likeness (QED) is 0.141. The highest BCUT2D eigenvalue weighted by Crippen LogP contribution is 2.55. The van der Waals surface area contributed by atoms with E-state index in [1.165, 1.54) is 49.4 Å². The Bertz CT molecular complexity index is 5840. The van der Waals surface area contributed by atoms with Gasteiger partial charge in [-0.05, 0) is 137 Å². The molecule has 416 valence electrons. The van der Waals surface area contributed by atoms with Crippen LogP contribution in [0.25, 0.3) is 142 Å². The van der Waals surface area contributed by atoms with Crippen molar-refractivity contribution in [1.82, 2.24) is 4.98 Å². The zero-order chi connectivity index (χ0) is 58.3. The van der Waals surface area contributed by atoms with Crippen molar-refractivity contribution in [3.8, 4) is 44.6 Å². The van der Waals surface area contributed by atoms with E-state index in [1.807, 2.05) is 18.6 Å². The molecule has 14 aromatic carbocycles. The first kappa shape index (κ1) is 49.4. The third-order valence-corrected chi connectivity index (χ3v) is 18.7. The van der Waals surface area contributed by atoms with Gasteiger partial charge in [0, 0.05) is 73.3 Å². The van der Waals surface area contributed by atoms with Crippen LogP contribution < -0.4 is 14.7 Å². The van der Waals surface area contributed by atoms with Crippen LogP contribution in [0, 0.1) is 0 Å². The lowest BCUT2D eigenvalue weighted by molar-refractivity contribution is 0.668. The average molecular weight is 1140 g/mol. The molecular weight excluding hydrogens is 1090 g/mol. The largest absolute Gasteiger partial charge is 0.453 e. The molecule has 2 aliphatic heterocycles. The highest BCUT2D eigenvalue weighted by Gasteiger charge is 2.32. The fourth-order valence-electron chi connectivity index (χ4n) is 14.7. The normalized spacial score (nSPS) is 13.2. The molecule has 0 aliphatic carbocycles. The zero-order valence-electron chi connectivity index (χ0n) is 48.0. The summed E-state index contributed by atoms with van der Waals surface area (Å²) in [5.74, 6) is 0. The van der Waals surface area contributed by atoms with Gasteiger partial charge in [0.1, 0.15) is 18.6 Å². The molecule has 3 aromatic heterocycles. The number of rotatable bonds is 8. The predicted molar refractivity (Wildman–Crippen MR) is 371 cm³/mol. The number of hydrogen-bond acceptors (Lipinski definition) is 8. The van der Waals surface area contributed by atoms with Crippen LogP contribution >= 0.6 is 0 Å². The van der Waals surface area contributed by atoms with Crippen molar-refractivity contribution in [3.05, 3.63) is 273 Å². The van der Waals surface area contributed by atoms with E-state index in [-0.39, 0.29) is 0 Å². The molecule has 2 aliphatic rings. The zero-order valence-corrected chi connectivity index (χ0v) is 48.0. The molecule has 0 spiro atoms. The number of hydrogen-bond donors (Lipinski definition) is 0. The third-order valence-electron chi connectivity index (χ3n) is 18.7. The maximum atomic E-state index is 7.83. The molecular formula is C81H50N6O2. The van der Waals surface area contributed by atoms with Crippen LogP contribution in [0.3, 0.4) is 0 Å². The Kier molecular flexibility index (Phi) is 10.7. The number of pyridine rings is 1. The van der Waals surface area contributed by atoms with E-state index in [2.05, 4.69) is 279 Å². The summed E-state index contributed by atoms with van der Waals surface area (Å²) in [5.41, 5.74) is 18.9. The molecule has 8 nitrogen and oxygen atoms in total. The van der Waals surface area contributed by atoms with Crippen LogP contribution in [0.1, 0.15) is 5.56 Å². The molecule has 8 heteroatoms. The maximum absolute atomic E-state index is 7.83. The van der Waals surface area contributed by atoms with Gasteiger partial charge in [-0.25, -0.2) is 4.99 Å². The van der Waals surface area contributed by atoms with Crippen LogP contribution in [0.5, 0.6) is 0 Å². The molecule has 0 saturated heterocycles. The number of fused-ring (bicyclic) bond motifs is 9. The molecule has 0 N–H and O–H groups in total. The highest BCUT2D eigenvalue weighted by atomic mass is 16.3. The lowest BCUT2D eigenvalue weighted by Gasteiger charge is -2.33. The lowest BCUT2D eigenvalue weighted by Crippen LogP contribution is -2.23. The van der Waals surface area contributed by atoms with Gasteiger partial charge in [-0.1, -0.05) is 194 Å². The minimum atomic E-state index is 0.399. The molecule has 5 heterocycles. The Balaban J connectivity index is 0.892. The molecule has 19 rings (SSSR count). The van der Waals surface area contributed by atoms with E-state index in [4.69, 9.17) is 13.8 Å². The smallest absolute Gasteiger partial charge is 0.160 e. The fraction of sp³-hybridized carbons (Fsp3) is 0.0247. The Hall–Kier alpha value is -11.9. The second kappa shape index (κ2) is 19.3. The SMILES string of the molecule is C1=NC=NCN1c1ccc2c3ccc(-c4cccnc4-c4ccccc4)c4oc5c(N6Cc7ccc(-c8ccc9ccc%10ccccc%10c9c8)cc7-c7ccccc76)ccc(c6ccc(N(c7ccccc7)c7cccc8ccccc78)c7oc1c2c76)c5c43. The Morgan fingerprint density at radius 1 is 0.371 bits per heavy atom. The van der Waals surface area contributed by atoms with Gasteiger partial charge in [-0.15, -0.1) is 0 Å². The number of aromatic nitrogens is 1. The first-order valence-electron chi connectivity index (χ1n) is 30.3. The standard InChI is InChI=1S/C81H50N6O2/c1-3-17-52(18-4-1)77-64(25-14-42-84-77)65-35-34-60-61-36-39-70(85-47-82-46-83-48-85)79-75(61)76-63(38-41-72(81(76)89-79)87(56-20-5-2-6-21-56)69-27-13-19-49-15-8-10-23-58(49)69)62-37-40-71(80-74(62)73(60)78(65)88-80)86-45-55-33-32-54(44-67(55)59-24-11-12-26-68(59)86)53-31-30-51-29-28-50-16-7-9-22-57(50)66(51)43-53/h1-44,46-47H,45,48H2. The highest BCUT2D eigenvalue weighted by molar-refractivity contribution is 6.39. The summed E-state index contributed by atoms with van der Waals surface area (Å²) in [6.07, 6.45) is 5.34. The van der Waals surface area contributed by atoms with E-state index in [9.17, 15) is 0 Å². The molecule has 0 amide bonds. The predicted octanol–water partition coefficient (Wildman–Crippen LogP) is 21.7. The van der Waals surface area contributed by atoms with E-state index >= 15 is 0 Å². The van der Waals surface area contributed by atoms with E-state index < -0.39 is 0 Å². The molecule has 0 bridgehead atoms. The number of benzene rings is 13. The number of para-hydroxylation sites is 2. The summed E-state index contributed by atoms with van der Waals surface area (Å²) in [5, 5.41) is 15.5. The topological polar surface area (TPSA) is 73.6 Å². The van der Waals surface area contributed by atoms with Crippen molar-refractivity contribution in [2.75, 3.05) is 21.4 Å². The summed E-state index contributed by atoms with van der Waals surface area (Å²) in [7, 11) is 0. The fourth-order valence-corrected chi connectivity index (χ4v) is 14.7. The van der Waals surface area contributed by atoms with Crippen molar-refractivity contribution in [3.63, 3.8) is 0 Å². The van der Waals surface area contributed by atoms with Crippen molar-refractivity contribution in [2.45, 2.75) is 6.54 Å². The van der Waals surface area contributed by atoms with Crippen molar-refractivity contribution in [1.29, 1.82) is 0 Å². The second-order valence-electron chi connectivity index (χ2n) is 23.4. The van der Waals surface area contributed by atoms with Crippen molar-refractivity contribution in [2.24, 2.45) is 9.98 Å². The molecule has 0 saturated carbocycles. The third kappa shape index (κ3) is 7.44. The molecule has 0 unspecified atom stereocenters. The van der Waals surface area contributed by atoms with Gasteiger partial charge in [0.2, 0.25) is 0 Å². The number of anilines is 6. The van der Waals surface area contributed by atoms with E-state index in [1.54, 1.807) is 6.34 Å². The molecule has 89 heavy (non-hydrogen) atoms. The molecule has 0 radical (unpaired) electrons. The molecule has 17 aromatic rings. The summed E-state index contributed by atoms with van der Waals surface area (Å²) in [6, 6.07) is 94.6. The van der Waals surface area contributed by atoms with Gasteiger partial charge in [-0.2, -0.15) is 0 Å². The Labute approximate surface area is 510 Å². The molecule has 0 atom stereocenters. The van der Waals surface area contributed by atoms with E-state index in [0.717, 1.165) is 133 Å². The van der Waals surface area contributed by atoms with Gasteiger partial charge in [0.05, 0.1) is 34.8 Å². The van der Waals surface area contributed by atoms with Crippen molar-refractivity contribution < 1.29 is 8.83 Å². The summed E-state index contributed by atoms with van der Waals surface area (Å²) in [4.78, 5) is 21.1. The second-order valence-corrected chi connectivity index (χ2v) is 23.4. The first-order chi connectivity index (χ1) is 44.2. The van der Waals surface area contributed by atoms with Crippen LogP contribution in [-0.4, -0.2) is 24.3 Å². The van der Waals surface area contributed by atoms with Crippen LogP contribution in [0.4, 0.5) is 34.1 Å². The Morgan fingerprint density at radius 2 is 0.989 bits per heavy atom. The van der Waals surface area contributed by atoms with Gasteiger partial charge < -0.3 is 23.5 Å². The number of nitrogens with zero attached hydrogens (tertiary/aromatic N) is 6. The van der Waals surface area contributed by atoms with Gasteiger partial charge in [-0.3, -0.25) is 9.98 Å². The van der Waals surface area contributed by atoms with Crippen LogP contribution in [-0.2, 0) is 6.54 Å². The number of furan rings is 2. The summed E-state index contributed by atoms with van der Waals surface area (Å²) < 4.78 is 15.5. The van der Waals surface area contributed by atoms with E-state index in [0.29, 0.717) is 13.2 Å². The minimum Gasteiger partial charge on any atom is -0.453 e. The summed E-state index contributed by atoms with van der Waals surface area (Å²) in [6.45, 7) is 1.02. The van der Waals surface area contributed by atoms with Gasteiger partial charge in [0.25, 0.3) is 0 Å². The van der Waals surface area contributed by atoms with Crippen LogP contribution in [0.15, 0.2) is 286 Å². The van der Waals surface area contributed by atoms with Crippen molar-refractivity contribution >= 4 is 145 Å². The maximum Gasteiger partial charge on any atom is 0.160 e. The minimum absolute atomic E-state index is 0.399. The van der Waals surface area contributed by atoms with Gasteiger partial charge in [0.15, 0.2) is 16.7 Å². The first-order valence-corrected chi connectivity index (χ1v) is 30.3. The number of aliphatic imine (C=N–C) groups is 2. The lowest BCUT2D eigenvalue weighted by atomic mass is 9.88.